The predicted octanol–water partition coefficient (Wildman–Crippen LogP) is 4.46. The number of benzene rings is 2. The Hall–Kier alpha value is -3.22. The summed E-state index contributed by atoms with van der Waals surface area (Å²) in [6, 6.07) is 13.4. The van der Waals surface area contributed by atoms with Gasteiger partial charge >= 0.3 is 0 Å². The summed E-state index contributed by atoms with van der Waals surface area (Å²) >= 11 is 0. The van der Waals surface area contributed by atoms with Crippen LogP contribution in [0.5, 0.6) is 11.5 Å². The summed E-state index contributed by atoms with van der Waals surface area (Å²) in [5.41, 5.74) is 2.71. The minimum atomic E-state index is -0.734. The molecule has 1 fully saturated rings. The molecule has 1 saturated heterocycles. The minimum Gasteiger partial charge on any atom is -0.493 e. The molecule has 0 aromatic heterocycles. The molecule has 1 aliphatic rings. The highest BCUT2D eigenvalue weighted by Gasteiger charge is 2.15. The molecule has 1 amide bonds. The smallest absolute Gasteiger partial charge is 0.267 e. The maximum atomic E-state index is 12.4. The first-order valence-electron chi connectivity index (χ1n) is 10.8. The van der Waals surface area contributed by atoms with Crippen LogP contribution in [-0.4, -0.2) is 45.0 Å². The maximum Gasteiger partial charge on any atom is 0.267 e. The minimum absolute atomic E-state index is 0.257. The van der Waals surface area contributed by atoms with Crippen LogP contribution in [0, 0.1) is 0 Å². The highest BCUT2D eigenvalue weighted by atomic mass is 16.6. The Morgan fingerprint density at radius 3 is 2.55 bits per heavy atom. The number of methoxy groups -OCH3 is 1. The van der Waals surface area contributed by atoms with E-state index in [1.165, 1.54) is 31.2 Å². The van der Waals surface area contributed by atoms with Crippen molar-refractivity contribution in [3.8, 4) is 11.5 Å². The highest BCUT2D eigenvalue weighted by Crippen LogP contribution is 2.27. The molecule has 0 unspecified atom stereocenters. The monoisotopic (exact) mass is 425 g/mol. The van der Waals surface area contributed by atoms with E-state index in [1.807, 2.05) is 43.3 Å². The molecule has 7 heteroatoms. The lowest BCUT2D eigenvalue weighted by Gasteiger charge is -2.28. The van der Waals surface area contributed by atoms with Crippen molar-refractivity contribution in [1.29, 1.82) is 0 Å². The molecule has 0 bridgehead atoms. The average molecular weight is 426 g/mol. The van der Waals surface area contributed by atoms with E-state index in [2.05, 4.69) is 15.4 Å². The Kier molecular flexibility index (Phi) is 8.15. The number of anilines is 2. The Bertz CT molecular complexity index is 877. The maximum absolute atomic E-state index is 12.4. The molecule has 2 aromatic rings. The Labute approximate surface area is 184 Å². The molecule has 0 spiro atoms. The Balaban J connectivity index is 1.51. The van der Waals surface area contributed by atoms with Crippen molar-refractivity contribution >= 4 is 23.5 Å². The number of carbonyl (C=O) groups excluding carboxylic acids is 1. The predicted molar refractivity (Wildman–Crippen MR) is 123 cm³/mol. The van der Waals surface area contributed by atoms with Gasteiger partial charge in [0.1, 0.15) is 0 Å². The van der Waals surface area contributed by atoms with Crippen LogP contribution in [0.3, 0.4) is 0 Å². The summed E-state index contributed by atoms with van der Waals surface area (Å²) < 4.78 is 10.8. The first-order chi connectivity index (χ1) is 15.1. The van der Waals surface area contributed by atoms with E-state index in [0.29, 0.717) is 18.1 Å². The van der Waals surface area contributed by atoms with E-state index in [0.717, 1.165) is 24.3 Å². The van der Waals surface area contributed by atoms with E-state index in [9.17, 15) is 4.79 Å². The molecule has 0 saturated carbocycles. The van der Waals surface area contributed by atoms with Crippen molar-refractivity contribution in [3.63, 3.8) is 0 Å². The number of piperidine rings is 1. The van der Waals surface area contributed by atoms with Gasteiger partial charge in [-0.3, -0.25) is 4.79 Å². The molecule has 1 N–H and O–H groups in total. The zero-order valence-corrected chi connectivity index (χ0v) is 18.5. The zero-order chi connectivity index (χ0) is 22.1. The third-order valence-corrected chi connectivity index (χ3v) is 5.13. The second kappa shape index (κ2) is 11.2. The number of carbonyl (C=O) groups is 1. The molecule has 0 aliphatic carbocycles. The summed E-state index contributed by atoms with van der Waals surface area (Å²) in [6.45, 7) is 6.32. The van der Waals surface area contributed by atoms with E-state index < -0.39 is 6.10 Å². The molecule has 1 atom stereocenters. The average Bonchev–Trinajstić information content (AvgIpc) is 2.81. The Morgan fingerprint density at radius 2 is 1.87 bits per heavy atom. The quantitative estimate of drug-likeness (QED) is 0.474. The summed E-state index contributed by atoms with van der Waals surface area (Å²) in [7, 11) is 1.58. The number of ether oxygens (including phenoxy) is 2. The molecular formula is C24H31N3O4. The molecular weight excluding hydrogens is 394 g/mol. The van der Waals surface area contributed by atoms with Gasteiger partial charge in [-0.05, 0) is 75.6 Å². The lowest BCUT2D eigenvalue weighted by atomic mass is 10.1. The van der Waals surface area contributed by atoms with Gasteiger partial charge in [-0.2, -0.15) is 0 Å². The fourth-order valence-electron chi connectivity index (χ4n) is 3.42. The molecule has 3 rings (SSSR count). The third-order valence-electron chi connectivity index (χ3n) is 5.13. The van der Waals surface area contributed by atoms with Crippen molar-refractivity contribution in [2.45, 2.75) is 39.2 Å². The van der Waals surface area contributed by atoms with E-state index >= 15 is 0 Å². The van der Waals surface area contributed by atoms with E-state index in [4.69, 9.17) is 14.3 Å². The molecule has 2 aromatic carbocycles. The first-order valence-corrected chi connectivity index (χ1v) is 10.8. The molecule has 31 heavy (non-hydrogen) atoms. The molecule has 166 valence electrons. The molecule has 1 aliphatic heterocycles. The summed E-state index contributed by atoms with van der Waals surface area (Å²) in [6.07, 6.45) is 4.57. The Morgan fingerprint density at radius 1 is 1.13 bits per heavy atom. The number of nitrogens with zero attached hydrogens (tertiary/aromatic N) is 2. The molecule has 0 radical (unpaired) electrons. The van der Waals surface area contributed by atoms with Crippen LogP contribution in [0.2, 0.25) is 0 Å². The van der Waals surface area contributed by atoms with Crippen LogP contribution in [-0.2, 0) is 9.63 Å². The van der Waals surface area contributed by atoms with Crippen LogP contribution in [0.25, 0.3) is 0 Å². The standard InChI is InChI=1S/C24H31N3O4/c1-4-30-22-13-8-19(16-23(22)29-3)17-25-31-18(2)24(28)26-20-9-11-21(12-10-20)27-14-6-5-7-15-27/h8-13,16-18H,4-7,14-15H2,1-3H3,(H,26,28)/b25-17-/t18-/m1/s1. The largest absolute Gasteiger partial charge is 0.493 e. The number of rotatable bonds is 9. The first kappa shape index (κ1) is 22.5. The van der Waals surface area contributed by atoms with Crippen molar-refractivity contribution in [2.24, 2.45) is 5.16 Å². The van der Waals surface area contributed by atoms with Crippen LogP contribution in [0.15, 0.2) is 47.6 Å². The highest BCUT2D eigenvalue weighted by molar-refractivity contribution is 5.94. The molecule has 7 nitrogen and oxygen atoms in total. The summed E-state index contributed by atoms with van der Waals surface area (Å²) in [4.78, 5) is 20.1. The topological polar surface area (TPSA) is 72.4 Å². The fraction of sp³-hybridized carbons (Fsp3) is 0.417. The second-order valence-electron chi connectivity index (χ2n) is 7.41. The second-order valence-corrected chi connectivity index (χ2v) is 7.41. The number of hydrogen-bond acceptors (Lipinski definition) is 6. The zero-order valence-electron chi connectivity index (χ0n) is 18.5. The van der Waals surface area contributed by atoms with Gasteiger partial charge in [-0.25, -0.2) is 0 Å². The third kappa shape index (κ3) is 6.38. The number of nitrogens with one attached hydrogen (secondary N) is 1. The van der Waals surface area contributed by atoms with Gasteiger partial charge in [0, 0.05) is 30.0 Å². The van der Waals surface area contributed by atoms with Gasteiger partial charge in [0.15, 0.2) is 11.5 Å². The number of hydrogen-bond donors (Lipinski definition) is 1. The number of oxime groups is 1. The van der Waals surface area contributed by atoms with Crippen molar-refractivity contribution in [3.05, 3.63) is 48.0 Å². The van der Waals surface area contributed by atoms with E-state index in [-0.39, 0.29) is 5.91 Å². The summed E-state index contributed by atoms with van der Waals surface area (Å²) in [5, 5.41) is 6.81. The normalized spacial score (nSPS) is 14.9. The SMILES string of the molecule is CCOc1ccc(/C=N\O[C@H](C)C(=O)Nc2ccc(N3CCCCC3)cc2)cc1OC. The van der Waals surface area contributed by atoms with Crippen molar-refractivity contribution in [2.75, 3.05) is 37.0 Å². The van der Waals surface area contributed by atoms with Crippen LogP contribution < -0.4 is 19.7 Å². The van der Waals surface area contributed by atoms with Gasteiger partial charge in [-0.15, -0.1) is 0 Å². The van der Waals surface area contributed by atoms with Gasteiger partial charge in [0.05, 0.1) is 19.9 Å². The fourth-order valence-corrected chi connectivity index (χ4v) is 3.42. The van der Waals surface area contributed by atoms with Crippen LogP contribution in [0.1, 0.15) is 38.7 Å². The van der Waals surface area contributed by atoms with Gasteiger partial charge in [-0.1, -0.05) is 5.16 Å². The lowest BCUT2D eigenvalue weighted by molar-refractivity contribution is -0.126. The van der Waals surface area contributed by atoms with Crippen molar-refractivity contribution in [1.82, 2.24) is 0 Å². The van der Waals surface area contributed by atoms with Crippen LogP contribution >= 0.6 is 0 Å². The van der Waals surface area contributed by atoms with Gasteiger partial charge in [0.25, 0.3) is 5.91 Å². The molecule has 1 heterocycles. The van der Waals surface area contributed by atoms with Gasteiger partial charge < -0.3 is 24.5 Å². The summed E-state index contributed by atoms with van der Waals surface area (Å²) in [5.74, 6) is 1.03. The van der Waals surface area contributed by atoms with Crippen molar-refractivity contribution < 1.29 is 19.1 Å². The van der Waals surface area contributed by atoms with Gasteiger partial charge in [0.2, 0.25) is 6.10 Å². The van der Waals surface area contributed by atoms with Crippen LogP contribution in [0.4, 0.5) is 11.4 Å². The number of amides is 1. The van der Waals surface area contributed by atoms with E-state index in [1.54, 1.807) is 20.1 Å². The lowest BCUT2D eigenvalue weighted by Crippen LogP contribution is -2.29.